The molecule has 3 heteroatoms. The van der Waals surface area contributed by atoms with E-state index in [9.17, 15) is 0 Å². The molecule has 0 spiro atoms. The van der Waals surface area contributed by atoms with E-state index in [1.54, 1.807) is 0 Å². The molecule has 0 amide bonds. The Bertz CT molecular complexity index is 375. The minimum Gasteiger partial charge on any atom is -0.330 e. The molecule has 1 heterocycles. The molecule has 1 aromatic heterocycles. The van der Waals surface area contributed by atoms with Crippen molar-refractivity contribution in [2.24, 2.45) is 11.7 Å². The van der Waals surface area contributed by atoms with Gasteiger partial charge in [0.1, 0.15) is 0 Å². The van der Waals surface area contributed by atoms with Gasteiger partial charge < -0.3 is 5.73 Å². The highest BCUT2D eigenvalue weighted by Gasteiger charge is 2.22. The fourth-order valence-corrected chi connectivity index (χ4v) is 2.93. The largest absolute Gasteiger partial charge is 0.330 e. The highest BCUT2D eigenvalue weighted by Crippen LogP contribution is 2.31. The topological polar surface area (TPSA) is 43.8 Å². The lowest BCUT2D eigenvalue weighted by Gasteiger charge is -2.13. The van der Waals surface area contributed by atoms with Crippen LogP contribution in [0.2, 0.25) is 0 Å². The van der Waals surface area contributed by atoms with Crippen LogP contribution in [0, 0.1) is 19.8 Å². The molecule has 0 bridgehead atoms. The van der Waals surface area contributed by atoms with Gasteiger partial charge in [0.2, 0.25) is 0 Å². The van der Waals surface area contributed by atoms with Crippen molar-refractivity contribution in [2.75, 3.05) is 6.54 Å². The summed E-state index contributed by atoms with van der Waals surface area (Å²) in [4.78, 5) is 0. The van der Waals surface area contributed by atoms with Crippen LogP contribution < -0.4 is 5.73 Å². The van der Waals surface area contributed by atoms with E-state index in [0.717, 1.165) is 13.0 Å². The highest BCUT2D eigenvalue weighted by atomic mass is 15.3. The minimum atomic E-state index is 0.550. The Morgan fingerprint density at radius 1 is 1.35 bits per heavy atom. The van der Waals surface area contributed by atoms with Crippen molar-refractivity contribution in [3.63, 3.8) is 0 Å². The molecule has 1 aromatic rings. The van der Waals surface area contributed by atoms with Crippen molar-refractivity contribution in [3.8, 4) is 0 Å². The summed E-state index contributed by atoms with van der Waals surface area (Å²) in [5.74, 6) is 0.550. The van der Waals surface area contributed by atoms with Crippen LogP contribution in [-0.4, -0.2) is 16.3 Å². The SMILES string of the molecule is Cc1nn(C2CCCC2)c(C)c1CC(C)CN. The maximum atomic E-state index is 5.72. The lowest BCUT2D eigenvalue weighted by Crippen LogP contribution is -2.14. The third-order valence-electron chi connectivity index (χ3n) is 4.10. The molecule has 1 unspecified atom stereocenters. The first kappa shape index (κ1) is 12.6. The number of rotatable bonds is 4. The fraction of sp³-hybridized carbons (Fsp3) is 0.786. The zero-order valence-corrected chi connectivity index (χ0v) is 11.4. The van der Waals surface area contributed by atoms with E-state index in [2.05, 4.69) is 25.5 Å². The highest BCUT2D eigenvalue weighted by molar-refractivity contribution is 5.25. The van der Waals surface area contributed by atoms with Gasteiger partial charge in [-0.1, -0.05) is 19.8 Å². The van der Waals surface area contributed by atoms with Gasteiger partial charge in [-0.2, -0.15) is 5.10 Å². The first-order valence-electron chi connectivity index (χ1n) is 6.88. The number of hydrogen-bond donors (Lipinski definition) is 1. The zero-order chi connectivity index (χ0) is 12.4. The molecule has 0 aromatic carbocycles. The first-order valence-corrected chi connectivity index (χ1v) is 6.88. The summed E-state index contributed by atoms with van der Waals surface area (Å²) in [6.07, 6.45) is 6.39. The van der Waals surface area contributed by atoms with Crippen LogP contribution in [0.4, 0.5) is 0 Å². The molecule has 0 radical (unpaired) electrons. The molecular weight excluding hydrogens is 210 g/mol. The molecule has 1 aliphatic rings. The summed E-state index contributed by atoms with van der Waals surface area (Å²) in [7, 11) is 0. The van der Waals surface area contributed by atoms with Crippen molar-refractivity contribution in [1.29, 1.82) is 0 Å². The molecule has 1 atom stereocenters. The smallest absolute Gasteiger partial charge is 0.0628 e. The van der Waals surface area contributed by atoms with Gasteiger partial charge in [-0.05, 0) is 51.1 Å². The minimum absolute atomic E-state index is 0.550. The van der Waals surface area contributed by atoms with E-state index in [1.807, 2.05) is 0 Å². The summed E-state index contributed by atoms with van der Waals surface area (Å²) in [6, 6.07) is 0.649. The molecule has 1 saturated carbocycles. The van der Waals surface area contributed by atoms with Crippen molar-refractivity contribution in [2.45, 2.75) is 58.9 Å². The van der Waals surface area contributed by atoms with Crippen molar-refractivity contribution < 1.29 is 0 Å². The lowest BCUT2D eigenvalue weighted by atomic mass is 10.00. The van der Waals surface area contributed by atoms with Crippen molar-refractivity contribution in [3.05, 3.63) is 17.0 Å². The van der Waals surface area contributed by atoms with Gasteiger partial charge in [-0.25, -0.2) is 0 Å². The number of aryl methyl sites for hydroxylation is 1. The molecule has 2 N–H and O–H groups in total. The van der Waals surface area contributed by atoms with Crippen LogP contribution in [0.5, 0.6) is 0 Å². The second-order valence-corrected chi connectivity index (χ2v) is 5.58. The number of nitrogens with zero attached hydrogens (tertiary/aromatic N) is 2. The number of hydrogen-bond acceptors (Lipinski definition) is 2. The van der Waals surface area contributed by atoms with Crippen molar-refractivity contribution >= 4 is 0 Å². The van der Waals surface area contributed by atoms with E-state index < -0.39 is 0 Å². The molecule has 1 aliphatic carbocycles. The van der Waals surface area contributed by atoms with Crippen LogP contribution in [0.15, 0.2) is 0 Å². The third-order valence-corrected chi connectivity index (χ3v) is 4.10. The van der Waals surface area contributed by atoms with Crippen LogP contribution in [0.3, 0.4) is 0 Å². The Morgan fingerprint density at radius 3 is 2.59 bits per heavy atom. The Morgan fingerprint density at radius 2 is 2.00 bits per heavy atom. The van der Waals surface area contributed by atoms with Gasteiger partial charge >= 0.3 is 0 Å². The molecule has 2 rings (SSSR count). The predicted molar refractivity (Wildman–Crippen MR) is 71.1 cm³/mol. The quantitative estimate of drug-likeness (QED) is 0.872. The second kappa shape index (κ2) is 5.21. The Balaban J connectivity index is 2.21. The standard InChI is InChI=1S/C14H25N3/c1-10(9-15)8-14-11(2)16-17(12(14)3)13-6-4-5-7-13/h10,13H,4-9,15H2,1-3H3. The molecule has 0 saturated heterocycles. The maximum absolute atomic E-state index is 5.72. The van der Waals surface area contributed by atoms with Gasteiger partial charge in [-0.3, -0.25) is 4.68 Å². The summed E-state index contributed by atoms with van der Waals surface area (Å²) < 4.78 is 2.28. The number of nitrogens with two attached hydrogens (primary N) is 1. The van der Waals surface area contributed by atoms with Crippen LogP contribution >= 0.6 is 0 Å². The monoisotopic (exact) mass is 235 g/mol. The van der Waals surface area contributed by atoms with Gasteiger partial charge in [0, 0.05) is 5.69 Å². The summed E-state index contributed by atoms with van der Waals surface area (Å²) in [6.45, 7) is 7.33. The molecule has 1 fully saturated rings. The lowest BCUT2D eigenvalue weighted by molar-refractivity contribution is 0.453. The molecule has 17 heavy (non-hydrogen) atoms. The maximum Gasteiger partial charge on any atom is 0.0628 e. The normalized spacial score (nSPS) is 18.8. The average Bonchev–Trinajstić information content (AvgIpc) is 2.92. The molecule has 3 nitrogen and oxygen atoms in total. The summed E-state index contributed by atoms with van der Waals surface area (Å²) >= 11 is 0. The van der Waals surface area contributed by atoms with Gasteiger partial charge in [0.15, 0.2) is 0 Å². The Labute approximate surface area is 104 Å². The Hall–Kier alpha value is -0.830. The van der Waals surface area contributed by atoms with Gasteiger partial charge in [-0.15, -0.1) is 0 Å². The third kappa shape index (κ3) is 2.54. The zero-order valence-electron chi connectivity index (χ0n) is 11.4. The van der Waals surface area contributed by atoms with Gasteiger partial charge in [0.25, 0.3) is 0 Å². The molecule has 96 valence electrons. The van der Waals surface area contributed by atoms with Crippen LogP contribution in [-0.2, 0) is 6.42 Å². The number of aromatic nitrogens is 2. The van der Waals surface area contributed by atoms with Crippen LogP contribution in [0.1, 0.15) is 55.6 Å². The fourth-order valence-electron chi connectivity index (χ4n) is 2.93. The summed E-state index contributed by atoms with van der Waals surface area (Å²) in [5, 5.41) is 4.76. The van der Waals surface area contributed by atoms with E-state index in [1.165, 1.54) is 42.6 Å². The second-order valence-electron chi connectivity index (χ2n) is 5.58. The Kier molecular flexibility index (Phi) is 3.87. The summed E-state index contributed by atoms with van der Waals surface area (Å²) in [5.41, 5.74) is 9.72. The average molecular weight is 235 g/mol. The molecular formula is C14H25N3. The van der Waals surface area contributed by atoms with Gasteiger partial charge in [0.05, 0.1) is 11.7 Å². The van der Waals surface area contributed by atoms with E-state index in [4.69, 9.17) is 10.8 Å². The van der Waals surface area contributed by atoms with Crippen molar-refractivity contribution in [1.82, 2.24) is 9.78 Å². The van der Waals surface area contributed by atoms with Crippen LogP contribution in [0.25, 0.3) is 0 Å². The van der Waals surface area contributed by atoms with E-state index >= 15 is 0 Å². The predicted octanol–water partition coefficient (Wildman–Crippen LogP) is 2.75. The first-order chi connectivity index (χ1) is 8.13. The van der Waals surface area contributed by atoms with E-state index in [0.29, 0.717) is 12.0 Å². The van der Waals surface area contributed by atoms with E-state index in [-0.39, 0.29) is 0 Å². The molecule has 0 aliphatic heterocycles.